The summed E-state index contributed by atoms with van der Waals surface area (Å²) in [5.41, 5.74) is 0. The molecule has 0 radical (unpaired) electrons. The maximum Gasteiger partial charge on any atom is 0.472 e. The first-order chi connectivity index (χ1) is 24.5. The fourth-order valence-electron chi connectivity index (χ4n) is 4.74. The largest absolute Gasteiger partial charge is 0.472 e. The molecule has 4 N–H and O–H groups in total. The Labute approximate surface area is 307 Å². The van der Waals surface area contributed by atoms with Crippen LogP contribution in [0, 0.1) is 5.92 Å². The number of allylic oxidation sites excluding steroid dienone is 7. The van der Waals surface area contributed by atoms with Crippen molar-refractivity contribution >= 4 is 19.8 Å². The van der Waals surface area contributed by atoms with Crippen molar-refractivity contribution in [2.45, 2.75) is 155 Å². The van der Waals surface area contributed by atoms with Crippen LogP contribution in [0.25, 0.3) is 0 Å². The van der Waals surface area contributed by atoms with Gasteiger partial charge in [-0.2, -0.15) is 0 Å². The first kappa shape index (κ1) is 48.9. The second kappa shape index (κ2) is 33.7. The lowest BCUT2D eigenvalue weighted by Crippen LogP contribution is -2.29. The van der Waals surface area contributed by atoms with E-state index in [4.69, 9.17) is 19.1 Å². The molecule has 3 unspecified atom stereocenters. The number of rotatable bonds is 34. The van der Waals surface area contributed by atoms with E-state index in [0.717, 1.165) is 57.3 Å². The highest BCUT2D eigenvalue weighted by Gasteiger charge is 2.27. The highest BCUT2D eigenvalue weighted by atomic mass is 31.2. The average molecular weight is 745 g/mol. The molecule has 5 atom stereocenters. The van der Waals surface area contributed by atoms with E-state index in [1.807, 2.05) is 18.2 Å². The highest BCUT2D eigenvalue weighted by Crippen LogP contribution is 2.43. The van der Waals surface area contributed by atoms with Gasteiger partial charge in [-0.3, -0.25) is 18.6 Å². The van der Waals surface area contributed by atoms with Gasteiger partial charge in [0.15, 0.2) is 6.10 Å². The Bertz CT molecular complexity index is 1030. The molecule has 296 valence electrons. The lowest BCUT2D eigenvalue weighted by atomic mass is 10.00. The molecule has 0 aromatic heterocycles. The zero-order valence-electron chi connectivity index (χ0n) is 31.6. The number of ether oxygens (including phenoxy) is 2. The van der Waals surface area contributed by atoms with Crippen LogP contribution in [0.1, 0.15) is 136 Å². The number of phosphoric acid groups is 1. The van der Waals surface area contributed by atoms with Crippen molar-refractivity contribution in [1.82, 2.24) is 0 Å². The molecule has 0 amide bonds. The number of unbranched alkanes of at least 4 members (excludes halogenated alkanes) is 6. The molecule has 0 rings (SSSR count). The summed E-state index contributed by atoms with van der Waals surface area (Å²) in [5.74, 6) is -0.256. The van der Waals surface area contributed by atoms with E-state index in [1.165, 1.54) is 25.7 Å². The van der Waals surface area contributed by atoms with E-state index in [1.54, 1.807) is 0 Å². The van der Waals surface area contributed by atoms with Crippen molar-refractivity contribution in [1.29, 1.82) is 0 Å². The van der Waals surface area contributed by atoms with Crippen molar-refractivity contribution in [3.8, 4) is 0 Å². The molecule has 0 aliphatic heterocycles. The van der Waals surface area contributed by atoms with Gasteiger partial charge in [-0.15, -0.1) is 0 Å². The molecule has 51 heavy (non-hydrogen) atoms. The van der Waals surface area contributed by atoms with Crippen molar-refractivity contribution < 1.29 is 52.9 Å². The quantitative estimate of drug-likeness (QED) is 0.0217. The van der Waals surface area contributed by atoms with Crippen LogP contribution < -0.4 is 0 Å². The summed E-state index contributed by atoms with van der Waals surface area (Å²) in [6.07, 6.45) is 28.8. The number of carbonyl (C=O) groups is 2. The maximum atomic E-state index is 12.5. The summed E-state index contributed by atoms with van der Waals surface area (Å²) in [4.78, 5) is 34.8. The Morgan fingerprint density at radius 2 is 1.25 bits per heavy atom. The van der Waals surface area contributed by atoms with Gasteiger partial charge in [-0.25, -0.2) is 4.57 Å². The Morgan fingerprint density at radius 1 is 0.686 bits per heavy atom. The summed E-state index contributed by atoms with van der Waals surface area (Å²) in [5, 5.41) is 28.0. The molecule has 12 heteroatoms. The zero-order valence-corrected chi connectivity index (χ0v) is 32.5. The molecule has 0 aromatic carbocycles. The standard InChI is InChI=1S/C39H69O11P/c1-4-25-35(41)27-22-18-13-11-9-7-6-8-10-12-14-20-24-29-39(44)50-37(33-49-51(45,46)48-31-36(42)30-40)32-47-38(43)28-23-19-16-15-17-21-26-34(3)5-2/h6,8-9,11-12,14,18,22,34-37,40-42H,4-5,7,10,13,15-17,19-21,23-33H2,1-3H3,(H,45,46)/b8-6-,11-9-,14-12-,22-18-/t34?,35?,36-,37+/m0/s1. The summed E-state index contributed by atoms with van der Waals surface area (Å²) in [6, 6.07) is 0. The Hall–Kier alpha value is -2.11. The van der Waals surface area contributed by atoms with Crippen molar-refractivity contribution in [2.24, 2.45) is 5.92 Å². The Balaban J connectivity index is 4.51. The Morgan fingerprint density at radius 3 is 1.88 bits per heavy atom. The summed E-state index contributed by atoms with van der Waals surface area (Å²) in [7, 11) is -4.63. The number of aliphatic hydroxyl groups is 3. The van der Waals surface area contributed by atoms with E-state index >= 15 is 0 Å². The number of esters is 2. The van der Waals surface area contributed by atoms with Crippen LogP contribution in [-0.2, 0) is 32.7 Å². The maximum absolute atomic E-state index is 12.5. The summed E-state index contributed by atoms with van der Waals surface area (Å²) < 4.78 is 32.5. The second-order valence-corrected chi connectivity index (χ2v) is 14.5. The van der Waals surface area contributed by atoms with Gasteiger partial charge in [0.2, 0.25) is 0 Å². The van der Waals surface area contributed by atoms with E-state index in [0.29, 0.717) is 25.7 Å². The van der Waals surface area contributed by atoms with Crippen LogP contribution in [0.5, 0.6) is 0 Å². The van der Waals surface area contributed by atoms with Crippen LogP contribution in [-0.4, -0.2) is 76.9 Å². The molecule has 11 nitrogen and oxygen atoms in total. The predicted octanol–water partition coefficient (Wildman–Crippen LogP) is 8.21. The first-order valence-electron chi connectivity index (χ1n) is 19.1. The van der Waals surface area contributed by atoms with Gasteiger partial charge in [0.25, 0.3) is 0 Å². The zero-order chi connectivity index (χ0) is 38.0. The van der Waals surface area contributed by atoms with Crippen LogP contribution in [0.2, 0.25) is 0 Å². The van der Waals surface area contributed by atoms with Crippen molar-refractivity contribution in [2.75, 3.05) is 26.4 Å². The molecule has 0 aliphatic rings. The number of hydrogen-bond donors (Lipinski definition) is 4. The van der Waals surface area contributed by atoms with Crippen molar-refractivity contribution in [3.63, 3.8) is 0 Å². The number of carbonyl (C=O) groups excluding carboxylic acids is 2. The lowest BCUT2D eigenvalue weighted by molar-refractivity contribution is -0.161. The fraction of sp³-hybridized carbons (Fsp3) is 0.744. The normalized spacial score (nSPS) is 15.8. The van der Waals surface area contributed by atoms with E-state index in [9.17, 15) is 29.3 Å². The van der Waals surface area contributed by atoms with Crippen LogP contribution in [0.4, 0.5) is 0 Å². The van der Waals surface area contributed by atoms with Gasteiger partial charge in [0.05, 0.1) is 25.9 Å². The smallest absolute Gasteiger partial charge is 0.462 e. The molecule has 0 aromatic rings. The number of phosphoric ester groups is 1. The minimum atomic E-state index is -4.63. The SMILES string of the molecule is CCCC(O)C/C=C\C/C=C\C/C=C\C/C=C\CCCC(=O)O[C@H](COC(=O)CCCCCCCCC(C)CC)COP(=O)(O)OC[C@@H](O)CO. The third-order valence-electron chi connectivity index (χ3n) is 8.08. The molecule has 0 spiro atoms. The number of hydrogen-bond acceptors (Lipinski definition) is 10. The van der Waals surface area contributed by atoms with Crippen molar-refractivity contribution in [3.05, 3.63) is 48.6 Å². The van der Waals surface area contributed by atoms with Crippen LogP contribution in [0.3, 0.4) is 0 Å². The molecule has 0 heterocycles. The summed E-state index contributed by atoms with van der Waals surface area (Å²) in [6.45, 7) is 4.34. The number of aliphatic hydroxyl groups excluding tert-OH is 3. The highest BCUT2D eigenvalue weighted by molar-refractivity contribution is 7.47. The monoisotopic (exact) mass is 744 g/mol. The van der Waals surface area contributed by atoms with Gasteiger partial charge < -0.3 is 29.7 Å². The van der Waals surface area contributed by atoms with E-state index in [-0.39, 0.29) is 25.6 Å². The van der Waals surface area contributed by atoms with Gasteiger partial charge in [-0.05, 0) is 57.3 Å². The van der Waals surface area contributed by atoms with Gasteiger partial charge in [0, 0.05) is 12.8 Å². The molecule has 0 saturated carbocycles. The Kier molecular flexibility index (Phi) is 32.3. The lowest BCUT2D eigenvalue weighted by Gasteiger charge is -2.20. The molecule has 0 fully saturated rings. The molecule has 0 aliphatic carbocycles. The van der Waals surface area contributed by atoms with Gasteiger partial charge >= 0.3 is 19.8 Å². The minimum Gasteiger partial charge on any atom is -0.462 e. The van der Waals surface area contributed by atoms with Gasteiger partial charge in [-0.1, -0.05) is 121 Å². The predicted molar refractivity (Wildman–Crippen MR) is 202 cm³/mol. The molecule has 0 saturated heterocycles. The van der Waals surface area contributed by atoms with Gasteiger partial charge in [0.1, 0.15) is 12.7 Å². The molecular formula is C39H69O11P. The average Bonchev–Trinajstić information content (AvgIpc) is 3.11. The fourth-order valence-corrected chi connectivity index (χ4v) is 5.53. The topological polar surface area (TPSA) is 169 Å². The summed E-state index contributed by atoms with van der Waals surface area (Å²) >= 11 is 0. The van der Waals surface area contributed by atoms with E-state index in [2.05, 4.69) is 55.7 Å². The van der Waals surface area contributed by atoms with E-state index < -0.39 is 51.8 Å². The first-order valence-corrected chi connectivity index (χ1v) is 20.6. The second-order valence-electron chi connectivity index (χ2n) is 13.0. The minimum absolute atomic E-state index is 0.0920. The molecular weight excluding hydrogens is 675 g/mol. The third-order valence-corrected chi connectivity index (χ3v) is 9.03. The molecule has 0 bridgehead atoms. The third kappa shape index (κ3) is 33.5. The van der Waals surface area contributed by atoms with Crippen LogP contribution in [0.15, 0.2) is 48.6 Å². The van der Waals surface area contributed by atoms with Crippen LogP contribution >= 0.6 is 7.82 Å².